The van der Waals surface area contributed by atoms with E-state index >= 15 is 0 Å². The van der Waals surface area contributed by atoms with E-state index in [0.29, 0.717) is 0 Å². The Morgan fingerprint density at radius 3 is 0.896 bits per heavy atom. The van der Waals surface area contributed by atoms with Crippen LogP contribution < -0.4 is 0 Å². The molecule has 0 aliphatic heterocycles. The zero-order valence-corrected chi connectivity index (χ0v) is 41.7. The van der Waals surface area contributed by atoms with Crippen molar-refractivity contribution in [1.29, 1.82) is 0 Å². The van der Waals surface area contributed by atoms with Crippen LogP contribution in [0.5, 0.6) is 0 Å². The molecule has 0 N–H and O–H groups in total. The first-order valence-corrected chi connectivity index (χ1v) is 26.8. The molecule has 0 saturated carbocycles. The van der Waals surface area contributed by atoms with Crippen molar-refractivity contribution in [3.63, 3.8) is 0 Å². The molecule has 2 aliphatic carbocycles. The first-order chi connectivity index (χ1) is 38.2. The summed E-state index contributed by atoms with van der Waals surface area (Å²) in [4.78, 5) is 0. The van der Waals surface area contributed by atoms with Crippen molar-refractivity contribution in [2.45, 2.75) is 5.41 Å². The average molecular weight is 977 g/mol. The van der Waals surface area contributed by atoms with Gasteiger partial charge in [-0.25, -0.2) is 0 Å². The van der Waals surface area contributed by atoms with Gasteiger partial charge in [-0.05, 0) is 154 Å². The first-order valence-electron chi connectivity index (χ1n) is 26.8. The third kappa shape index (κ3) is 5.26. The summed E-state index contributed by atoms with van der Waals surface area (Å²) < 4.78 is 9.87. The molecule has 4 nitrogen and oxygen atoms in total. The van der Waals surface area contributed by atoms with Crippen molar-refractivity contribution in [3.05, 3.63) is 289 Å². The number of benzene rings is 12. The number of nitrogens with zero attached hydrogens (tertiary/aromatic N) is 4. The highest BCUT2D eigenvalue weighted by Gasteiger charge is 2.52. The molecule has 356 valence electrons. The Morgan fingerprint density at radius 2 is 0.494 bits per heavy atom. The molecular weight excluding hydrogens is 933 g/mol. The Labute approximate surface area is 442 Å². The lowest BCUT2D eigenvalue weighted by molar-refractivity contribution is 0.795. The van der Waals surface area contributed by atoms with Crippen LogP contribution in [0.2, 0.25) is 0 Å². The summed E-state index contributed by atoms with van der Waals surface area (Å²) in [6.07, 6.45) is 0. The second-order valence-electron chi connectivity index (χ2n) is 21.2. The van der Waals surface area contributed by atoms with E-state index in [4.69, 9.17) is 0 Å². The lowest BCUT2D eigenvalue weighted by Crippen LogP contribution is -2.26. The van der Waals surface area contributed by atoms with Crippen LogP contribution in [0.3, 0.4) is 0 Å². The topological polar surface area (TPSA) is 19.7 Å². The third-order valence-electron chi connectivity index (χ3n) is 17.5. The predicted molar refractivity (Wildman–Crippen MR) is 320 cm³/mol. The zero-order valence-electron chi connectivity index (χ0n) is 41.7. The van der Waals surface area contributed by atoms with Gasteiger partial charge in [0.15, 0.2) is 0 Å². The van der Waals surface area contributed by atoms with Gasteiger partial charge in [-0.2, -0.15) is 0 Å². The molecule has 4 heteroatoms. The van der Waals surface area contributed by atoms with Crippen molar-refractivity contribution < 1.29 is 0 Å². The lowest BCUT2D eigenvalue weighted by atomic mass is 9.70. The summed E-state index contributed by atoms with van der Waals surface area (Å²) in [5.74, 6) is 0. The van der Waals surface area contributed by atoms with E-state index < -0.39 is 5.41 Å². The van der Waals surface area contributed by atoms with Crippen molar-refractivity contribution in [2.24, 2.45) is 0 Å². The van der Waals surface area contributed by atoms with Crippen LogP contribution in [0, 0.1) is 0 Å². The summed E-state index contributed by atoms with van der Waals surface area (Å²) >= 11 is 0. The molecule has 1 spiro atoms. The minimum atomic E-state index is -0.594. The highest BCUT2D eigenvalue weighted by Crippen LogP contribution is 2.64. The molecule has 0 atom stereocenters. The van der Waals surface area contributed by atoms with E-state index in [1.54, 1.807) is 0 Å². The van der Waals surface area contributed by atoms with Crippen LogP contribution in [0.15, 0.2) is 267 Å². The van der Waals surface area contributed by atoms with Gasteiger partial charge < -0.3 is 18.3 Å². The van der Waals surface area contributed by atoms with Crippen molar-refractivity contribution in [3.8, 4) is 45.0 Å². The molecule has 4 aromatic heterocycles. The third-order valence-corrected chi connectivity index (χ3v) is 17.5. The second-order valence-corrected chi connectivity index (χ2v) is 21.2. The SMILES string of the molecule is c1ccc(-n2c3ccccc3c3cc(-n4c5ccccc5c5cc6c(cc54)C4(c5ccccc5-6)c5ccccc5-c5cc6c7ccccc7n(-c7ccc8c(c7)c7ccccc7n8-c7ccccc7)c6cc54)ccc32)cc1. The second kappa shape index (κ2) is 15.0. The number of hydrogen-bond acceptors (Lipinski definition) is 0. The highest BCUT2D eigenvalue weighted by atomic mass is 15.0. The number of aromatic nitrogens is 4. The molecule has 4 heterocycles. The van der Waals surface area contributed by atoms with Gasteiger partial charge in [-0.3, -0.25) is 0 Å². The monoisotopic (exact) mass is 976 g/mol. The average Bonchev–Trinajstić information content (AvgIpc) is 4.40. The summed E-state index contributed by atoms with van der Waals surface area (Å²) in [7, 11) is 0. The fraction of sp³-hybridized carbons (Fsp3) is 0.0137. The van der Waals surface area contributed by atoms with Gasteiger partial charge in [0, 0.05) is 65.8 Å². The van der Waals surface area contributed by atoms with Gasteiger partial charge in [0.05, 0.1) is 49.5 Å². The predicted octanol–water partition coefficient (Wildman–Crippen LogP) is 18.4. The Morgan fingerprint density at radius 1 is 0.182 bits per heavy atom. The van der Waals surface area contributed by atoms with Crippen molar-refractivity contribution in [1.82, 2.24) is 18.3 Å². The largest absolute Gasteiger partial charge is 0.309 e. The fourth-order valence-electron chi connectivity index (χ4n) is 14.5. The number of para-hydroxylation sites is 6. The minimum Gasteiger partial charge on any atom is -0.309 e. The van der Waals surface area contributed by atoms with Crippen LogP contribution in [0.25, 0.3) is 132 Å². The van der Waals surface area contributed by atoms with Crippen LogP contribution >= 0.6 is 0 Å². The molecule has 0 bridgehead atoms. The van der Waals surface area contributed by atoms with Crippen molar-refractivity contribution in [2.75, 3.05) is 0 Å². The maximum atomic E-state index is 2.57. The summed E-state index contributed by atoms with van der Waals surface area (Å²) in [6, 6.07) is 100. The van der Waals surface area contributed by atoms with E-state index in [1.807, 2.05) is 0 Å². The van der Waals surface area contributed by atoms with E-state index in [1.165, 1.54) is 132 Å². The van der Waals surface area contributed by atoms with Gasteiger partial charge in [-0.15, -0.1) is 0 Å². The maximum Gasteiger partial charge on any atom is 0.0727 e. The molecule has 0 amide bonds. The van der Waals surface area contributed by atoms with E-state index in [2.05, 4.69) is 285 Å². The number of hydrogen-bond donors (Lipinski definition) is 0. The Kier molecular flexibility index (Phi) is 8.03. The lowest BCUT2D eigenvalue weighted by Gasteiger charge is -2.30. The standard InChI is InChI=1S/C73H44N4/c1-3-19-45(20-4-1)74-65-31-15-9-25-51(65)57-39-47(35-37-69(57)74)76-67-33-17-11-27-53(67)59-41-55-49-23-7-13-29-61(49)73(63(55)43-71(59)76)62-30-14-8-24-50(62)56-42-60-54-28-12-18-34-68(54)77(72(60)44-64(56)73)48-36-38-70-58(40-48)52-26-10-16-32-66(52)75(70)46-21-5-2-6-22-46/h1-44H. The molecule has 18 rings (SSSR count). The number of rotatable bonds is 4. The van der Waals surface area contributed by atoms with E-state index in [9.17, 15) is 0 Å². The summed E-state index contributed by atoms with van der Waals surface area (Å²) in [5, 5.41) is 9.95. The van der Waals surface area contributed by atoms with E-state index in [-0.39, 0.29) is 0 Å². The van der Waals surface area contributed by atoms with Gasteiger partial charge in [0.1, 0.15) is 0 Å². The number of fused-ring (bicyclic) bond motifs is 22. The Bertz CT molecular complexity index is 4890. The maximum absolute atomic E-state index is 2.57. The molecule has 0 unspecified atom stereocenters. The quantitative estimate of drug-likeness (QED) is 0.167. The fourth-order valence-corrected chi connectivity index (χ4v) is 14.5. The Hall–Kier alpha value is -10.2. The molecule has 0 fully saturated rings. The van der Waals surface area contributed by atoms with E-state index in [0.717, 1.165) is 22.7 Å². The van der Waals surface area contributed by atoms with Crippen LogP contribution in [-0.4, -0.2) is 18.3 Å². The summed E-state index contributed by atoms with van der Waals surface area (Å²) in [6.45, 7) is 0. The molecule has 0 radical (unpaired) electrons. The van der Waals surface area contributed by atoms with Crippen LogP contribution in [0.4, 0.5) is 0 Å². The van der Waals surface area contributed by atoms with Crippen molar-refractivity contribution >= 4 is 87.2 Å². The van der Waals surface area contributed by atoms with Gasteiger partial charge in [0.2, 0.25) is 0 Å². The van der Waals surface area contributed by atoms with Gasteiger partial charge in [0.25, 0.3) is 0 Å². The molecule has 77 heavy (non-hydrogen) atoms. The van der Waals surface area contributed by atoms with Crippen LogP contribution in [0.1, 0.15) is 22.3 Å². The summed E-state index contributed by atoms with van der Waals surface area (Å²) in [5.41, 5.74) is 24.1. The molecule has 2 aliphatic rings. The van der Waals surface area contributed by atoms with Gasteiger partial charge >= 0.3 is 0 Å². The minimum absolute atomic E-state index is 0.594. The smallest absolute Gasteiger partial charge is 0.0727 e. The zero-order chi connectivity index (χ0) is 50.1. The Balaban J connectivity index is 0.916. The first kappa shape index (κ1) is 41.2. The normalized spacial score (nSPS) is 13.3. The highest BCUT2D eigenvalue weighted by molar-refractivity contribution is 6.17. The molecule has 0 saturated heterocycles. The molecule has 16 aromatic rings. The molecule has 12 aromatic carbocycles. The van der Waals surface area contributed by atoms with Crippen LogP contribution in [-0.2, 0) is 5.41 Å². The molecular formula is C73H44N4. The van der Waals surface area contributed by atoms with Gasteiger partial charge in [-0.1, -0.05) is 158 Å².